The molecule has 5 nitrogen and oxygen atoms in total. The summed E-state index contributed by atoms with van der Waals surface area (Å²) in [4.78, 5) is 22.1. The van der Waals surface area contributed by atoms with Crippen LogP contribution in [0.4, 0.5) is 0 Å². The lowest BCUT2D eigenvalue weighted by molar-refractivity contribution is -0.143. The lowest BCUT2D eigenvalue weighted by Gasteiger charge is -2.17. The monoisotopic (exact) mass is 309 g/mol. The van der Waals surface area contributed by atoms with Crippen molar-refractivity contribution < 1.29 is 9.90 Å². The number of aromatic nitrogens is 2. The minimum atomic E-state index is -1.51. The lowest BCUT2D eigenvalue weighted by atomic mass is 9.99. The zero-order chi connectivity index (χ0) is 14.3. The van der Waals surface area contributed by atoms with Crippen LogP contribution in [0.5, 0.6) is 0 Å². The Morgan fingerprint density at radius 2 is 2.25 bits per heavy atom. The van der Waals surface area contributed by atoms with Crippen molar-refractivity contribution in [2.24, 2.45) is 0 Å². The molecule has 20 heavy (non-hydrogen) atoms. The molecule has 1 fully saturated rings. The molecule has 0 aliphatic carbocycles. The molecule has 104 valence electrons. The van der Waals surface area contributed by atoms with Gasteiger partial charge in [0.15, 0.2) is 5.60 Å². The highest BCUT2D eigenvalue weighted by Gasteiger charge is 2.47. The van der Waals surface area contributed by atoms with E-state index in [1.807, 2.05) is 0 Å². The van der Waals surface area contributed by atoms with Gasteiger partial charge in [-0.05, 0) is 12.1 Å². The summed E-state index contributed by atoms with van der Waals surface area (Å²) in [5.74, 6) is -0.312. The fourth-order valence-electron chi connectivity index (χ4n) is 2.20. The molecule has 2 aromatic heterocycles. The van der Waals surface area contributed by atoms with Crippen LogP contribution in [0.2, 0.25) is 5.15 Å². The molecular weight excluding hydrogens is 298 g/mol. The Morgan fingerprint density at radius 1 is 1.45 bits per heavy atom. The van der Waals surface area contributed by atoms with Gasteiger partial charge in [0.1, 0.15) is 15.9 Å². The van der Waals surface area contributed by atoms with Gasteiger partial charge in [-0.15, -0.1) is 11.3 Å². The van der Waals surface area contributed by atoms with Crippen molar-refractivity contribution in [3.05, 3.63) is 34.4 Å². The van der Waals surface area contributed by atoms with Gasteiger partial charge in [-0.3, -0.25) is 4.79 Å². The minimum absolute atomic E-state index is 0.312. The summed E-state index contributed by atoms with van der Waals surface area (Å²) < 4.78 is 0. The van der Waals surface area contributed by atoms with E-state index in [2.05, 4.69) is 9.97 Å². The van der Waals surface area contributed by atoms with Crippen LogP contribution in [-0.2, 0) is 10.4 Å². The number of carbonyl (C=O) groups is 1. The summed E-state index contributed by atoms with van der Waals surface area (Å²) in [6.45, 7) is 0.525. The molecular formula is C13H12ClN3O2S. The molecule has 1 atom stereocenters. The molecule has 0 radical (unpaired) electrons. The molecule has 0 aromatic carbocycles. The zero-order valence-corrected chi connectivity index (χ0v) is 12.3. The van der Waals surface area contributed by atoms with E-state index in [9.17, 15) is 9.90 Å². The Labute approximate surface area is 124 Å². The summed E-state index contributed by atoms with van der Waals surface area (Å²) in [6, 6.07) is 5.26. The van der Waals surface area contributed by atoms with E-state index in [0.29, 0.717) is 34.5 Å². The molecule has 1 aliphatic heterocycles. The maximum Gasteiger partial charge on any atom is 0.260 e. The molecule has 0 saturated carbocycles. The van der Waals surface area contributed by atoms with E-state index in [1.165, 1.54) is 16.2 Å². The highest BCUT2D eigenvalue weighted by molar-refractivity contribution is 7.13. The first-order valence-corrected chi connectivity index (χ1v) is 7.33. The van der Waals surface area contributed by atoms with Gasteiger partial charge in [-0.2, -0.15) is 0 Å². The predicted octanol–water partition coefficient (Wildman–Crippen LogP) is 1.91. The van der Waals surface area contributed by atoms with Gasteiger partial charge < -0.3 is 10.0 Å². The first kappa shape index (κ1) is 13.5. The molecule has 2 aromatic rings. The predicted molar refractivity (Wildman–Crippen MR) is 76.5 cm³/mol. The second-order valence-electron chi connectivity index (χ2n) is 4.72. The molecule has 1 N–H and O–H groups in total. The largest absolute Gasteiger partial charge is 0.374 e. The van der Waals surface area contributed by atoms with Crippen LogP contribution in [0.25, 0.3) is 10.7 Å². The first-order chi connectivity index (χ1) is 9.50. The highest BCUT2D eigenvalue weighted by atomic mass is 35.5. The molecule has 1 unspecified atom stereocenters. The summed E-state index contributed by atoms with van der Waals surface area (Å²) in [6.07, 6.45) is 0.356. The van der Waals surface area contributed by atoms with Crippen LogP contribution < -0.4 is 0 Å². The molecule has 0 spiro atoms. The Morgan fingerprint density at radius 3 is 2.90 bits per heavy atom. The molecule has 1 aliphatic rings. The molecule has 7 heteroatoms. The molecule has 0 bridgehead atoms. The third kappa shape index (κ3) is 2.09. The number of likely N-dealkylation sites (N-methyl/N-ethyl adjacent to an activating group) is 1. The fraction of sp³-hybridized carbons (Fsp3) is 0.308. The number of pyridine rings is 1. The van der Waals surface area contributed by atoms with E-state index >= 15 is 0 Å². The smallest absolute Gasteiger partial charge is 0.260 e. The third-order valence-electron chi connectivity index (χ3n) is 3.37. The fourth-order valence-corrected chi connectivity index (χ4v) is 3.22. The van der Waals surface area contributed by atoms with E-state index in [0.717, 1.165) is 0 Å². The number of rotatable bonds is 2. The van der Waals surface area contributed by atoms with E-state index in [1.54, 1.807) is 30.6 Å². The Bertz CT molecular complexity index is 675. The van der Waals surface area contributed by atoms with Crippen molar-refractivity contribution in [1.29, 1.82) is 0 Å². The summed E-state index contributed by atoms with van der Waals surface area (Å²) in [5.41, 5.74) is -0.494. The topological polar surface area (TPSA) is 66.3 Å². The SMILES string of the molecule is CN1CCC(O)(c2csc(-c3cccc(Cl)n3)n2)C1=O. The van der Waals surface area contributed by atoms with E-state index in [-0.39, 0.29) is 5.91 Å². The Balaban J connectivity index is 1.97. The first-order valence-electron chi connectivity index (χ1n) is 6.07. The van der Waals surface area contributed by atoms with Gasteiger partial charge in [0.05, 0.1) is 5.69 Å². The average molecular weight is 310 g/mol. The quantitative estimate of drug-likeness (QED) is 0.861. The Hall–Kier alpha value is -1.50. The second-order valence-corrected chi connectivity index (χ2v) is 5.97. The molecule has 1 saturated heterocycles. The van der Waals surface area contributed by atoms with Crippen LogP contribution in [0, 0.1) is 0 Å². The summed E-state index contributed by atoms with van der Waals surface area (Å²) in [7, 11) is 1.67. The molecule has 3 heterocycles. The summed E-state index contributed by atoms with van der Waals surface area (Å²) >= 11 is 7.19. The van der Waals surface area contributed by atoms with Crippen LogP contribution >= 0.6 is 22.9 Å². The second kappa shape index (κ2) is 4.80. The van der Waals surface area contributed by atoms with Gasteiger partial charge >= 0.3 is 0 Å². The van der Waals surface area contributed by atoms with Crippen LogP contribution in [0.3, 0.4) is 0 Å². The van der Waals surface area contributed by atoms with Crippen molar-refractivity contribution in [2.45, 2.75) is 12.0 Å². The van der Waals surface area contributed by atoms with Crippen LogP contribution in [-0.4, -0.2) is 39.5 Å². The normalized spacial score (nSPS) is 22.6. The van der Waals surface area contributed by atoms with Crippen molar-refractivity contribution in [1.82, 2.24) is 14.9 Å². The summed E-state index contributed by atoms with van der Waals surface area (Å²) in [5, 5.41) is 13.2. The molecule has 3 rings (SSSR count). The van der Waals surface area contributed by atoms with Crippen LogP contribution in [0.1, 0.15) is 12.1 Å². The van der Waals surface area contributed by atoms with E-state index in [4.69, 9.17) is 11.6 Å². The van der Waals surface area contributed by atoms with Crippen molar-refractivity contribution in [3.8, 4) is 10.7 Å². The van der Waals surface area contributed by atoms with Crippen molar-refractivity contribution >= 4 is 28.8 Å². The standard InChI is InChI=1S/C13H12ClN3O2S/c1-17-6-5-13(19,12(17)18)9-7-20-11(16-9)8-3-2-4-10(14)15-8/h2-4,7,19H,5-6H2,1H3. The Kier molecular flexibility index (Phi) is 3.24. The van der Waals surface area contributed by atoms with Crippen molar-refractivity contribution in [3.63, 3.8) is 0 Å². The zero-order valence-electron chi connectivity index (χ0n) is 10.7. The number of nitrogens with zero attached hydrogens (tertiary/aromatic N) is 3. The average Bonchev–Trinajstić information content (AvgIpc) is 3.02. The number of carbonyl (C=O) groups excluding carboxylic acids is 1. The van der Waals surface area contributed by atoms with Gasteiger partial charge in [-0.25, -0.2) is 9.97 Å². The maximum absolute atomic E-state index is 12.0. The highest BCUT2D eigenvalue weighted by Crippen LogP contribution is 2.35. The number of amides is 1. The van der Waals surface area contributed by atoms with Gasteiger partial charge in [0, 0.05) is 25.4 Å². The number of hydrogen-bond acceptors (Lipinski definition) is 5. The maximum atomic E-state index is 12.0. The number of likely N-dealkylation sites (tertiary alicyclic amines) is 1. The third-order valence-corrected chi connectivity index (χ3v) is 4.45. The van der Waals surface area contributed by atoms with Gasteiger partial charge in [-0.1, -0.05) is 17.7 Å². The van der Waals surface area contributed by atoms with Gasteiger partial charge in [0.2, 0.25) is 0 Å². The lowest BCUT2D eigenvalue weighted by Crippen LogP contribution is -2.36. The van der Waals surface area contributed by atoms with Crippen LogP contribution in [0.15, 0.2) is 23.6 Å². The number of hydrogen-bond donors (Lipinski definition) is 1. The number of aliphatic hydroxyl groups is 1. The van der Waals surface area contributed by atoms with Gasteiger partial charge in [0.25, 0.3) is 5.91 Å². The number of thiazole rings is 1. The molecule has 1 amide bonds. The minimum Gasteiger partial charge on any atom is -0.374 e. The van der Waals surface area contributed by atoms with Crippen molar-refractivity contribution in [2.75, 3.05) is 13.6 Å². The number of halogens is 1. The van der Waals surface area contributed by atoms with E-state index < -0.39 is 5.60 Å².